The largest absolute Gasteiger partial charge is 0.466 e. The summed E-state index contributed by atoms with van der Waals surface area (Å²) in [5, 5.41) is 0. The van der Waals surface area contributed by atoms with Gasteiger partial charge in [0, 0.05) is 0 Å². The summed E-state index contributed by atoms with van der Waals surface area (Å²) in [5.41, 5.74) is 6.88. The van der Waals surface area contributed by atoms with Crippen LogP contribution in [-0.4, -0.2) is 17.6 Å². The SMILES string of the molecule is CCOC(=O)CC=Cc1ccc(N)cn1. The highest BCUT2D eigenvalue weighted by atomic mass is 16.5. The van der Waals surface area contributed by atoms with Crippen LogP contribution >= 0.6 is 0 Å². The van der Waals surface area contributed by atoms with Crippen molar-refractivity contribution in [3.05, 3.63) is 30.1 Å². The van der Waals surface area contributed by atoms with Gasteiger partial charge in [-0.3, -0.25) is 9.78 Å². The van der Waals surface area contributed by atoms with Gasteiger partial charge in [0.2, 0.25) is 0 Å². The molecule has 15 heavy (non-hydrogen) atoms. The van der Waals surface area contributed by atoms with E-state index in [-0.39, 0.29) is 12.4 Å². The Morgan fingerprint density at radius 2 is 2.40 bits per heavy atom. The molecule has 0 bridgehead atoms. The maximum absolute atomic E-state index is 11.0. The number of nitrogens with zero attached hydrogens (tertiary/aromatic N) is 1. The summed E-state index contributed by atoms with van der Waals surface area (Å²) in [6.07, 6.45) is 5.32. The highest BCUT2D eigenvalue weighted by molar-refractivity contribution is 5.72. The predicted octanol–water partition coefficient (Wildman–Crippen LogP) is 1.63. The maximum atomic E-state index is 11.0. The molecule has 0 fully saturated rings. The van der Waals surface area contributed by atoms with Crippen LogP contribution in [0.1, 0.15) is 19.0 Å². The van der Waals surface area contributed by atoms with Crippen LogP contribution in [0.25, 0.3) is 6.08 Å². The van der Waals surface area contributed by atoms with Gasteiger partial charge in [0.05, 0.1) is 30.6 Å². The van der Waals surface area contributed by atoms with Crippen LogP contribution in [-0.2, 0) is 9.53 Å². The van der Waals surface area contributed by atoms with Crippen LogP contribution in [0.2, 0.25) is 0 Å². The molecule has 4 heteroatoms. The van der Waals surface area contributed by atoms with Gasteiger partial charge in [0.15, 0.2) is 0 Å². The van der Waals surface area contributed by atoms with Gasteiger partial charge in [-0.25, -0.2) is 0 Å². The first kappa shape index (κ1) is 11.2. The smallest absolute Gasteiger partial charge is 0.309 e. The fourth-order valence-corrected chi connectivity index (χ4v) is 1.01. The molecular weight excluding hydrogens is 192 g/mol. The fourth-order valence-electron chi connectivity index (χ4n) is 1.01. The number of hydrogen-bond donors (Lipinski definition) is 1. The molecule has 0 atom stereocenters. The lowest BCUT2D eigenvalue weighted by molar-refractivity contribution is -0.142. The summed E-state index contributed by atoms with van der Waals surface area (Å²) >= 11 is 0. The second-order valence-corrected chi connectivity index (χ2v) is 2.93. The Morgan fingerprint density at radius 1 is 1.60 bits per heavy atom. The van der Waals surface area contributed by atoms with Crippen molar-refractivity contribution < 1.29 is 9.53 Å². The minimum atomic E-state index is -0.232. The molecule has 4 nitrogen and oxygen atoms in total. The van der Waals surface area contributed by atoms with E-state index in [1.807, 2.05) is 0 Å². The van der Waals surface area contributed by atoms with Gasteiger partial charge in [-0.1, -0.05) is 6.08 Å². The second kappa shape index (κ2) is 5.80. The van der Waals surface area contributed by atoms with Crippen molar-refractivity contribution in [2.75, 3.05) is 12.3 Å². The summed E-state index contributed by atoms with van der Waals surface area (Å²) in [7, 11) is 0. The molecule has 0 aliphatic rings. The van der Waals surface area contributed by atoms with Gasteiger partial charge in [0.25, 0.3) is 0 Å². The molecular formula is C11H14N2O2. The van der Waals surface area contributed by atoms with Gasteiger partial charge in [-0.05, 0) is 25.1 Å². The molecule has 0 spiro atoms. The molecule has 1 aromatic rings. The number of aromatic nitrogens is 1. The van der Waals surface area contributed by atoms with E-state index >= 15 is 0 Å². The van der Waals surface area contributed by atoms with Crippen LogP contribution in [0, 0.1) is 0 Å². The molecule has 0 radical (unpaired) electrons. The monoisotopic (exact) mass is 206 g/mol. The van der Waals surface area contributed by atoms with E-state index in [0.717, 1.165) is 5.69 Å². The van der Waals surface area contributed by atoms with E-state index < -0.39 is 0 Å². The highest BCUT2D eigenvalue weighted by Gasteiger charge is 1.96. The Kier molecular flexibility index (Phi) is 4.34. The van der Waals surface area contributed by atoms with Crippen LogP contribution in [0.4, 0.5) is 5.69 Å². The van der Waals surface area contributed by atoms with Gasteiger partial charge < -0.3 is 10.5 Å². The van der Waals surface area contributed by atoms with Crippen LogP contribution in [0.5, 0.6) is 0 Å². The summed E-state index contributed by atoms with van der Waals surface area (Å²) in [5.74, 6) is -0.232. The van der Waals surface area contributed by atoms with Crippen molar-refractivity contribution in [1.29, 1.82) is 0 Å². The Bertz CT molecular complexity index is 344. The number of carbonyl (C=O) groups is 1. The lowest BCUT2D eigenvalue weighted by atomic mass is 10.3. The number of hydrogen-bond acceptors (Lipinski definition) is 4. The van der Waals surface area contributed by atoms with Gasteiger partial charge in [-0.15, -0.1) is 0 Å². The average Bonchev–Trinajstić information content (AvgIpc) is 2.21. The Hall–Kier alpha value is -1.84. The Balaban J connectivity index is 2.44. The number of anilines is 1. The average molecular weight is 206 g/mol. The van der Waals surface area contributed by atoms with Crippen molar-refractivity contribution in [3.8, 4) is 0 Å². The molecule has 0 aromatic carbocycles. The second-order valence-electron chi connectivity index (χ2n) is 2.93. The normalized spacial score (nSPS) is 10.5. The minimum Gasteiger partial charge on any atom is -0.466 e. The Labute approximate surface area is 88.8 Å². The van der Waals surface area contributed by atoms with Crippen molar-refractivity contribution >= 4 is 17.7 Å². The zero-order valence-corrected chi connectivity index (χ0v) is 8.64. The topological polar surface area (TPSA) is 65.2 Å². The molecule has 0 aliphatic carbocycles. The van der Waals surface area contributed by atoms with Crippen molar-refractivity contribution in [2.45, 2.75) is 13.3 Å². The third-order valence-corrected chi connectivity index (χ3v) is 1.69. The number of carbonyl (C=O) groups excluding carboxylic acids is 1. The molecule has 0 saturated carbocycles. The summed E-state index contributed by atoms with van der Waals surface area (Å²) in [4.78, 5) is 15.0. The van der Waals surface area contributed by atoms with Crippen molar-refractivity contribution in [2.24, 2.45) is 0 Å². The molecule has 0 aliphatic heterocycles. The van der Waals surface area contributed by atoms with Crippen LogP contribution in [0.3, 0.4) is 0 Å². The van der Waals surface area contributed by atoms with Crippen LogP contribution in [0.15, 0.2) is 24.4 Å². The van der Waals surface area contributed by atoms with Gasteiger partial charge in [0.1, 0.15) is 0 Å². The first-order chi connectivity index (χ1) is 7.22. The first-order valence-corrected chi connectivity index (χ1v) is 4.76. The van der Waals surface area contributed by atoms with E-state index in [2.05, 4.69) is 4.98 Å². The quantitative estimate of drug-likeness (QED) is 0.760. The van der Waals surface area contributed by atoms with E-state index in [1.54, 1.807) is 37.4 Å². The van der Waals surface area contributed by atoms with E-state index in [1.165, 1.54) is 0 Å². The molecule has 2 N–H and O–H groups in total. The van der Waals surface area contributed by atoms with Gasteiger partial charge in [-0.2, -0.15) is 0 Å². The van der Waals surface area contributed by atoms with Crippen molar-refractivity contribution in [3.63, 3.8) is 0 Å². The third-order valence-electron chi connectivity index (χ3n) is 1.69. The molecule has 1 heterocycles. The number of esters is 1. The van der Waals surface area contributed by atoms with E-state index in [4.69, 9.17) is 10.5 Å². The number of nitrogens with two attached hydrogens (primary N) is 1. The zero-order valence-electron chi connectivity index (χ0n) is 8.64. The zero-order chi connectivity index (χ0) is 11.1. The molecule has 0 unspecified atom stereocenters. The molecule has 1 rings (SSSR count). The standard InChI is InChI=1S/C11H14N2O2/c1-2-15-11(14)5-3-4-10-7-6-9(12)8-13-10/h3-4,6-8H,2,5,12H2,1H3. The number of pyridine rings is 1. The minimum absolute atomic E-state index is 0.232. The maximum Gasteiger partial charge on any atom is 0.309 e. The molecule has 1 aromatic heterocycles. The summed E-state index contributed by atoms with van der Waals surface area (Å²) in [6, 6.07) is 3.55. The number of rotatable bonds is 4. The van der Waals surface area contributed by atoms with E-state index in [0.29, 0.717) is 12.3 Å². The highest BCUT2D eigenvalue weighted by Crippen LogP contribution is 2.03. The number of nitrogen functional groups attached to an aromatic ring is 1. The number of ether oxygens (including phenoxy) is 1. The lowest BCUT2D eigenvalue weighted by Crippen LogP contribution is -2.01. The Morgan fingerprint density at radius 3 is 3.00 bits per heavy atom. The van der Waals surface area contributed by atoms with Gasteiger partial charge >= 0.3 is 5.97 Å². The summed E-state index contributed by atoms with van der Waals surface area (Å²) in [6.45, 7) is 2.19. The fraction of sp³-hybridized carbons (Fsp3) is 0.273. The molecule has 80 valence electrons. The molecule has 0 saturated heterocycles. The van der Waals surface area contributed by atoms with Crippen molar-refractivity contribution in [1.82, 2.24) is 4.98 Å². The molecule has 0 amide bonds. The van der Waals surface area contributed by atoms with E-state index in [9.17, 15) is 4.79 Å². The summed E-state index contributed by atoms with van der Waals surface area (Å²) < 4.78 is 4.77. The third kappa shape index (κ3) is 4.26. The predicted molar refractivity (Wildman–Crippen MR) is 58.9 cm³/mol. The first-order valence-electron chi connectivity index (χ1n) is 4.76. The van der Waals surface area contributed by atoms with Crippen LogP contribution < -0.4 is 5.73 Å². The lowest BCUT2D eigenvalue weighted by Gasteiger charge is -1.97.